The molecule has 24 heavy (non-hydrogen) atoms. The van der Waals surface area contributed by atoms with Crippen molar-refractivity contribution in [2.45, 2.75) is 25.0 Å². The summed E-state index contributed by atoms with van der Waals surface area (Å²) in [5.74, 6) is -1.20. The highest BCUT2D eigenvalue weighted by Crippen LogP contribution is 2.28. The number of carboxylic acid groups (broad SMARTS) is 1. The number of rotatable bonds is 5. The zero-order valence-electron chi connectivity index (χ0n) is 12.7. The van der Waals surface area contributed by atoms with Crippen LogP contribution in [0.4, 0.5) is 4.39 Å². The molecule has 0 saturated heterocycles. The van der Waals surface area contributed by atoms with Gasteiger partial charge in [0.1, 0.15) is 11.6 Å². The molecule has 0 spiro atoms. The summed E-state index contributed by atoms with van der Waals surface area (Å²) in [5.41, 5.74) is 1.47. The second-order valence-corrected chi connectivity index (χ2v) is 5.63. The molecule has 0 bridgehead atoms. The summed E-state index contributed by atoms with van der Waals surface area (Å²) in [6, 6.07) is 12.0. The highest BCUT2D eigenvalue weighted by Gasteiger charge is 2.30. The Bertz CT molecular complexity index is 735. The number of halogens is 1. The first-order valence-corrected chi connectivity index (χ1v) is 7.55. The lowest BCUT2D eigenvalue weighted by atomic mass is 10.0. The fraction of sp³-hybridized carbons (Fsp3) is 0.222. The summed E-state index contributed by atoms with van der Waals surface area (Å²) < 4.78 is 18.7. The SMILES string of the molecule is O=C(O)C[C@H](NC(=O)[C@H]1Cc2ccccc2O1)c1ccc(F)cc1. The van der Waals surface area contributed by atoms with Gasteiger partial charge in [-0.2, -0.15) is 0 Å². The van der Waals surface area contributed by atoms with Gasteiger partial charge in [0.2, 0.25) is 0 Å². The molecular formula is C18H16FNO4. The van der Waals surface area contributed by atoms with E-state index >= 15 is 0 Å². The minimum absolute atomic E-state index is 0.295. The van der Waals surface area contributed by atoms with Gasteiger partial charge >= 0.3 is 5.97 Å². The van der Waals surface area contributed by atoms with E-state index in [0.717, 1.165) is 5.56 Å². The third-order valence-electron chi connectivity index (χ3n) is 3.91. The maximum atomic E-state index is 13.0. The average Bonchev–Trinajstić information content (AvgIpc) is 2.98. The van der Waals surface area contributed by atoms with Crippen molar-refractivity contribution >= 4 is 11.9 Å². The number of hydrogen-bond acceptors (Lipinski definition) is 3. The minimum Gasteiger partial charge on any atom is -0.481 e. The molecule has 5 nitrogen and oxygen atoms in total. The lowest BCUT2D eigenvalue weighted by Crippen LogP contribution is -2.40. The van der Waals surface area contributed by atoms with Gasteiger partial charge in [-0.05, 0) is 29.3 Å². The van der Waals surface area contributed by atoms with Crippen molar-refractivity contribution in [1.29, 1.82) is 0 Å². The first-order chi connectivity index (χ1) is 11.5. The van der Waals surface area contributed by atoms with E-state index in [1.165, 1.54) is 24.3 Å². The monoisotopic (exact) mass is 329 g/mol. The molecule has 2 atom stereocenters. The fourth-order valence-electron chi connectivity index (χ4n) is 2.71. The second-order valence-electron chi connectivity index (χ2n) is 5.63. The Labute approximate surface area is 138 Å². The Hall–Kier alpha value is -2.89. The molecule has 1 amide bonds. The van der Waals surface area contributed by atoms with E-state index in [4.69, 9.17) is 9.84 Å². The highest BCUT2D eigenvalue weighted by molar-refractivity contribution is 5.83. The van der Waals surface area contributed by atoms with E-state index in [0.29, 0.717) is 17.7 Å². The number of aliphatic carboxylic acids is 1. The molecule has 3 rings (SSSR count). The molecule has 2 aromatic rings. The van der Waals surface area contributed by atoms with Crippen molar-refractivity contribution < 1.29 is 23.8 Å². The predicted molar refractivity (Wildman–Crippen MR) is 84.1 cm³/mol. The summed E-state index contributed by atoms with van der Waals surface area (Å²) in [6.07, 6.45) is -0.554. The number of carbonyl (C=O) groups excluding carboxylic acids is 1. The van der Waals surface area contributed by atoms with Gasteiger partial charge in [0.15, 0.2) is 6.10 Å². The zero-order valence-corrected chi connectivity index (χ0v) is 12.7. The van der Waals surface area contributed by atoms with Gasteiger partial charge in [0, 0.05) is 6.42 Å². The number of benzene rings is 2. The third-order valence-corrected chi connectivity index (χ3v) is 3.91. The first kappa shape index (κ1) is 16.0. The van der Waals surface area contributed by atoms with Gasteiger partial charge in [0.05, 0.1) is 12.5 Å². The Morgan fingerprint density at radius 3 is 2.58 bits per heavy atom. The molecular weight excluding hydrogens is 313 g/mol. The van der Waals surface area contributed by atoms with E-state index in [1.54, 1.807) is 6.07 Å². The fourth-order valence-corrected chi connectivity index (χ4v) is 2.71. The van der Waals surface area contributed by atoms with Crippen LogP contribution in [-0.2, 0) is 16.0 Å². The second kappa shape index (κ2) is 6.70. The van der Waals surface area contributed by atoms with Crippen LogP contribution >= 0.6 is 0 Å². The Kier molecular flexibility index (Phi) is 4.46. The van der Waals surface area contributed by atoms with E-state index in [9.17, 15) is 14.0 Å². The summed E-state index contributed by atoms with van der Waals surface area (Å²) in [5, 5.41) is 11.8. The first-order valence-electron chi connectivity index (χ1n) is 7.55. The Morgan fingerprint density at radius 1 is 1.21 bits per heavy atom. The van der Waals surface area contributed by atoms with Gasteiger partial charge in [-0.25, -0.2) is 4.39 Å². The van der Waals surface area contributed by atoms with Crippen LogP contribution in [0.25, 0.3) is 0 Å². The Balaban J connectivity index is 1.72. The maximum absolute atomic E-state index is 13.0. The molecule has 2 aromatic carbocycles. The quantitative estimate of drug-likeness (QED) is 0.883. The normalized spacial score (nSPS) is 16.8. The predicted octanol–water partition coefficient (Wildman–Crippen LogP) is 2.46. The molecule has 1 aliphatic rings. The number of amides is 1. The molecule has 0 unspecified atom stereocenters. The maximum Gasteiger partial charge on any atom is 0.305 e. The van der Waals surface area contributed by atoms with Crippen molar-refractivity contribution in [3.63, 3.8) is 0 Å². The molecule has 0 radical (unpaired) electrons. The highest BCUT2D eigenvalue weighted by atomic mass is 19.1. The molecule has 0 saturated carbocycles. The van der Waals surface area contributed by atoms with Crippen molar-refractivity contribution in [2.24, 2.45) is 0 Å². The molecule has 0 aromatic heterocycles. The number of nitrogens with one attached hydrogen (secondary N) is 1. The van der Waals surface area contributed by atoms with Crippen molar-refractivity contribution in [2.75, 3.05) is 0 Å². The van der Waals surface area contributed by atoms with Gasteiger partial charge in [0.25, 0.3) is 5.91 Å². The molecule has 2 N–H and O–H groups in total. The van der Waals surface area contributed by atoms with Crippen LogP contribution in [0.3, 0.4) is 0 Å². The van der Waals surface area contributed by atoms with E-state index < -0.39 is 23.9 Å². The number of carbonyl (C=O) groups is 2. The number of ether oxygens (including phenoxy) is 1. The van der Waals surface area contributed by atoms with Crippen LogP contribution in [0.15, 0.2) is 48.5 Å². The lowest BCUT2D eigenvalue weighted by Gasteiger charge is -2.20. The van der Waals surface area contributed by atoms with Crippen LogP contribution in [0.5, 0.6) is 5.75 Å². The number of para-hydroxylation sites is 1. The topological polar surface area (TPSA) is 75.6 Å². The van der Waals surface area contributed by atoms with Gasteiger partial charge in [-0.3, -0.25) is 9.59 Å². The zero-order chi connectivity index (χ0) is 17.1. The van der Waals surface area contributed by atoms with E-state index in [-0.39, 0.29) is 12.3 Å². The van der Waals surface area contributed by atoms with E-state index in [1.807, 2.05) is 18.2 Å². The summed E-state index contributed by atoms with van der Waals surface area (Å²) in [4.78, 5) is 23.5. The number of fused-ring (bicyclic) bond motifs is 1. The van der Waals surface area contributed by atoms with Gasteiger partial charge in [-0.15, -0.1) is 0 Å². The third kappa shape index (κ3) is 3.53. The molecule has 1 aliphatic heterocycles. The smallest absolute Gasteiger partial charge is 0.305 e. The molecule has 0 aliphatic carbocycles. The summed E-state index contributed by atoms with van der Waals surface area (Å²) in [6.45, 7) is 0. The largest absolute Gasteiger partial charge is 0.481 e. The lowest BCUT2D eigenvalue weighted by molar-refractivity contribution is -0.138. The van der Waals surface area contributed by atoms with Crippen LogP contribution < -0.4 is 10.1 Å². The minimum atomic E-state index is -1.06. The van der Waals surface area contributed by atoms with Crippen LogP contribution in [0, 0.1) is 5.82 Å². The summed E-state index contributed by atoms with van der Waals surface area (Å²) in [7, 11) is 0. The molecule has 1 heterocycles. The van der Waals surface area contributed by atoms with Crippen LogP contribution in [0.2, 0.25) is 0 Å². The van der Waals surface area contributed by atoms with Crippen molar-refractivity contribution in [1.82, 2.24) is 5.32 Å². The molecule has 6 heteroatoms. The number of carboxylic acids is 1. The average molecular weight is 329 g/mol. The van der Waals surface area contributed by atoms with Crippen molar-refractivity contribution in [3.8, 4) is 5.75 Å². The number of hydrogen-bond donors (Lipinski definition) is 2. The van der Waals surface area contributed by atoms with Crippen molar-refractivity contribution in [3.05, 3.63) is 65.5 Å². The Morgan fingerprint density at radius 2 is 1.92 bits per heavy atom. The van der Waals surface area contributed by atoms with Crippen LogP contribution in [0.1, 0.15) is 23.6 Å². The van der Waals surface area contributed by atoms with Crippen LogP contribution in [-0.4, -0.2) is 23.1 Å². The summed E-state index contributed by atoms with van der Waals surface area (Å²) >= 11 is 0. The van der Waals surface area contributed by atoms with Gasteiger partial charge in [-0.1, -0.05) is 30.3 Å². The molecule has 0 fully saturated rings. The van der Waals surface area contributed by atoms with E-state index in [2.05, 4.69) is 5.32 Å². The molecule has 124 valence electrons. The van der Waals surface area contributed by atoms with Gasteiger partial charge < -0.3 is 15.2 Å². The standard InChI is InChI=1S/C18H16FNO4/c19-13-7-5-11(6-8-13)14(10-17(21)22)20-18(23)16-9-12-3-1-2-4-15(12)24-16/h1-8,14,16H,9-10H2,(H,20,23)(H,21,22)/t14-,16+/m0/s1.